The lowest BCUT2D eigenvalue weighted by Crippen LogP contribution is -2.23. The van der Waals surface area contributed by atoms with Crippen LogP contribution in [0.4, 0.5) is 4.39 Å². The number of benzene rings is 3. The number of rotatable bonds is 5. The zero-order valence-electron chi connectivity index (χ0n) is 22.2. The molecule has 6 rings (SSSR count). The molecule has 7 heteroatoms. The molecule has 0 saturated heterocycles. The summed E-state index contributed by atoms with van der Waals surface area (Å²) in [6.07, 6.45) is 4.14. The van der Waals surface area contributed by atoms with Gasteiger partial charge in [-0.15, -0.1) is 0 Å². The Balaban J connectivity index is 1.59. The van der Waals surface area contributed by atoms with Gasteiger partial charge in [-0.25, -0.2) is 9.37 Å². The molecule has 1 saturated carbocycles. The first kappa shape index (κ1) is 25.0. The summed E-state index contributed by atoms with van der Waals surface area (Å²) in [6.45, 7) is 3.86. The molecule has 39 heavy (non-hydrogen) atoms. The maximum atomic E-state index is 13.8. The second kappa shape index (κ2) is 10.1. The Morgan fingerprint density at radius 3 is 2.38 bits per heavy atom. The minimum Gasteiger partial charge on any atom is -0.381 e. The molecule has 1 aliphatic carbocycles. The van der Waals surface area contributed by atoms with Crippen LogP contribution in [-0.2, 0) is 4.74 Å². The molecule has 0 bridgehead atoms. The number of fused-ring (bicyclic) bond motifs is 1. The molecule has 2 heterocycles. The third-order valence-electron chi connectivity index (χ3n) is 7.91. The van der Waals surface area contributed by atoms with Crippen LogP contribution in [0.2, 0.25) is 0 Å². The van der Waals surface area contributed by atoms with Gasteiger partial charge in [0.15, 0.2) is 0 Å². The zero-order valence-corrected chi connectivity index (χ0v) is 22.2. The summed E-state index contributed by atoms with van der Waals surface area (Å²) in [5, 5.41) is 14.2. The van der Waals surface area contributed by atoms with E-state index in [4.69, 9.17) is 14.2 Å². The van der Waals surface area contributed by atoms with Gasteiger partial charge >= 0.3 is 0 Å². The van der Waals surface area contributed by atoms with Gasteiger partial charge < -0.3 is 13.8 Å². The first-order valence-electron chi connectivity index (χ1n) is 13.3. The Bertz CT molecular complexity index is 1680. The third kappa shape index (κ3) is 4.41. The number of aromatic nitrogens is 3. The largest absolute Gasteiger partial charge is 0.381 e. The number of halogens is 1. The van der Waals surface area contributed by atoms with Crippen molar-refractivity contribution in [3.8, 4) is 39.7 Å². The molecular weight excluding hydrogens is 491 g/mol. The molecule has 0 aliphatic heterocycles. The predicted molar refractivity (Wildman–Crippen MR) is 149 cm³/mol. The van der Waals surface area contributed by atoms with Gasteiger partial charge in [0.2, 0.25) is 0 Å². The lowest BCUT2D eigenvalue weighted by molar-refractivity contribution is 0.0591. The van der Waals surface area contributed by atoms with Crippen molar-refractivity contribution in [1.82, 2.24) is 14.7 Å². The number of aryl methyl sites for hydroxylation is 2. The molecule has 6 nitrogen and oxygen atoms in total. The molecule has 1 aliphatic rings. The van der Waals surface area contributed by atoms with Gasteiger partial charge in [-0.2, -0.15) is 5.26 Å². The highest BCUT2D eigenvalue weighted by molar-refractivity contribution is 5.91. The van der Waals surface area contributed by atoms with Gasteiger partial charge in [-0.05, 0) is 81.0 Å². The van der Waals surface area contributed by atoms with Crippen molar-refractivity contribution in [3.63, 3.8) is 0 Å². The Morgan fingerprint density at radius 1 is 0.974 bits per heavy atom. The van der Waals surface area contributed by atoms with Crippen molar-refractivity contribution < 1.29 is 13.7 Å². The van der Waals surface area contributed by atoms with Crippen LogP contribution in [0.3, 0.4) is 0 Å². The summed E-state index contributed by atoms with van der Waals surface area (Å²) < 4.78 is 27.2. The van der Waals surface area contributed by atoms with Crippen LogP contribution in [0, 0.1) is 31.0 Å². The van der Waals surface area contributed by atoms with E-state index in [-0.39, 0.29) is 18.0 Å². The number of hydrogen-bond acceptors (Lipinski definition) is 5. The molecule has 0 N–H and O–H groups in total. The summed E-state index contributed by atoms with van der Waals surface area (Å²) >= 11 is 0. The van der Waals surface area contributed by atoms with Crippen molar-refractivity contribution in [3.05, 3.63) is 83.5 Å². The van der Waals surface area contributed by atoms with Gasteiger partial charge in [0, 0.05) is 29.8 Å². The molecule has 2 aromatic heterocycles. The maximum Gasteiger partial charge on any atom is 0.142 e. The summed E-state index contributed by atoms with van der Waals surface area (Å²) in [7, 11) is 1.78. The number of imidazole rings is 1. The van der Waals surface area contributed by atoms with Crippen molar-refractivity contribution >= 4 is 11.0 Å². The molecule has 3 aromatic carbocycles. The molecule has 1 fully saturated rings. The number of hydrogen-bond donors (Lipinski definition) is 0. The van der Waals surface area contributed by atoms with Gasteiger partial charge in [-0.3, -0.25) is 0 Å². The topological polar surface area (TPSA) is 76.9 Å². The van der Waals surface area contributed by atoms with E-state index >= 15 is 0 Å². The highest BCUT2D eigenvalue weighted by Crippen LogP contribution is 2.41. The van der Waals surface area contributed by atoms with Gasteiger partial charge in [-0.1, -0.05) is 35.5 Å². The number of ether oxygens (including phenoxy) is 1. The summed E-state index contributed by atoms with van der Waals surface area (Å²) in [6, 6.07) is 20.9. The quantitative estimate of drug-likeness (QED) is 0.236. The van der Waals surface area contributed by atoms with E-state index in [0.29, 0.717) is 5.56 Å². The van der Waals surface area contributed by atoms with E-state index < -0.39 is 0 Å². The number of nitrogens with zero attached hydrogens (tertiary/aromatic N) is 4. The van der Waals surface area contributed by atoms with Crippen LogP contribution >= 0.6 is 0 Å². The predicted octanol–water partition coefficient (Wildman–Crippen LogP) is 7.78. The molecular formula is C32H29FN4O2. The highest BCUT2D eigenvalue weighted by Gasteiger charge is 2.28. The van der Waals surface area contributed by atoms with E-state index in [1.165, 1.54) is 12.1 Å². The zero-order chi connectivity index (χ0) is 27.1. The van der Waals surface area contributed by atoms with Crippen LogP contribution in [-0.4, -0.2) is 27.9 Å². The SMILES string of the molecule is CO[C@H]1CC[C@H](n2c(-c3cccc(C#N)c3-c3ccc(F)cc3)nc3cc(-c4c(C)noc4C)ccc32)CC1. The van der Waals surface area contributed by atoms with Gasteiger partial charge in [0.05, 0.1) is 34.5 Å². The molecule has 5 aromatic rings. The van der Waals surface area contributed by atoms with Crippen LogP contribution < -0.4 is 0 Å². The molecule has 0 amide bonds. The minimum atomic E-state index is -0.316. The molecule has 0 unspecified atom stereocenters. The number of methoxy groups -OCH3 is 1. The van der Waals surface area contributed by atoms with Gasteiger partial charge in [0.25, 0.3) is 0 Å². The third-order valence-corrected chi connectivity index (χ3v) is 7.91. The second-order valence-corrected chi connectivity index (χ2v) is 10.2. The van der Waals surface area contributed by atoms with Gasteiger partial charge in [0.1, 0.15) is 17.4 Å². The molecule has 0 atom stereocenters. The van der Waals surface area contributed by atoms with Crippen LogP contribution in [0.5, 0.6) is 0 Å². The Kier molecular flexibility index (Phi) is 6.49. The monoisotopic (exact) mass is 520 g/mol. The number of nitriles is 1. The van der Waals surface area contributed by atoms with Crippen molar-refractivity contribution in [2.24, 2.45) is 0 Å². The average Bonchev–Trinajstić information content (AvgIpc) is 3.51. The Hall–Kier alpha value is -4.28. The van der Waals surface area contributed by atoms with Crippen LogP contribution in [0.15, 0.2) is 65.2 Å². The van der Waals surface area contributed by atoms with Crippen LogP contribution in [0.25, 0.3) is 44.7 Å². The molecule has 196 valence electrons. The fraction of sp³-hybridized carbons (Fsp3) is 0.281. The second-order valence-electron chi connectivity index (χ2n) is 10.2. The smallest absolute Gasteiger partial charge is 0.142 e. The van der Waals surface area contributed by atoms with E-state index in [1.54, 1.807) is 25.3 Å². The first-order valence-corrected chi connectivity index (χ1v) is 13.3. The lowest BCUT2D eigenvalue weighted by Gasteiger charge is -2.30. The fourth-order valence-corrected chi connectivity index (χ4v) is 6.01. The van der Waals surface area contributed by atoms with E-state index in [9.17, 15) is 9.65 Å². The molecule has 0 spiro atoms. The van der Waals surface area contributed by atoms with Crippen LogP contribution in [0.1, 0.15) is 48.7 Å². The highest BCUT2D eigenvalue weighted by atomic mass is 19.1. The molecule has 0 radical (unpaired) electrons. The summed E-state index contributed by atoms with van der Waals surface area (Å²) in [5.41, 5.74) is 7.63. The standard InChI is InChI=1S/C32H29FN4O2/c1-19-30(20(2)39-36-19)22-9-16-29-28(17-22)35-32(37(29)25-12-14-26(38-3)15-13-25)27-6-4-5-23(18-34)31(27)21-7-10-24(33)11-8-21/h4-11,16-17,25-26H,12-15H2,1-3H3/t25-,26-. The van der Waals surface area contributed by atoms with Crippen molar-refractivity contribution in [1.29, 1.82) is 5.26 Å². The van der Waals surface area contributed by atoms with E-state index in [1.807, 2.05) is 26.0 Å². The van der Waals surface area contributed by atoms with E-state index in [2.05, 4.69) is 34.0 Å². The normalized spacial score (nSPS) is 17.4. The first-order chi connectivity index (χ1) is 19.0. The Morgan fingerprint density at radius 2 is 1.72 bits per heavy atom. The average molecular weight is 521 g/mol. The van der Waals surface area contributed by atoms with E-state index in [0.717, 1.165) is 81.8 Å². The summed E-state index contributed by atoms with van der Waals surface area (Å²) in [4.78, 5) is 5.20. The maximum absolute atomic E-state index is 13.8. The Labute approximate surface area is 226 Å². The minimum absolute atomic E-state index is 0.230. The lowest BCUT2D eigenvalue weighted by atomic mass is 9.91. The van der Waals surface area contributed by atoms with Crippen molar-refractivity contribution in [2.75, 3.05) is 7.11 Å². The van der Waals surface area contributed by atoms with Crippen molar-refractivity contribution in [2.45, 2.75) is 51.7 Å². The summed E-state index contributed by atoms with van der Waals surface area (Å²) in [5.74, 6) is 1.26. The fourth-order valence-electron chi connectivity index (χ4n) is 6.01.